The molecule has 0 aliphatic carbocycles. The Bertz CT molecular complexity index is 420. The number of aromatic hydroxyl groups is 1. The summed E-state index contributed by atoms with van der Waals surface area (Å²) in [5.41, 5.74) is -0.0411. The molecule has 1 aromatic rings. The van der Waals surface area contributed by atoms with Gasteiger partial charge in [-0.25, -0.2) is 4.39 Å². The van der Waals surface area contributed by atoms with E-state index in [1.807, 2.05) is 0 Å². The van der Waals surface area contributed by atoms with E-state index < -0.39 is 11.7 Å². The summed E-state index contributed by atoms with van der Waals surface area (Å²) in [6.07, 6.45) is 0.827. The van der Waals surface area contributed by atoms with Crippen LogP contribution in [0.25, 0.3) is 0 Å². The minimum absolute atomic E-state index is 0.0411. The topological polar surface area (TPSA) is 52.6 Å². The molecule has 0 fully saturated rings. The zero-order chi connectivity index (χ0) is 14.3. The maximum Gasteiger partial charge on any atom is 0.254 e. The van der Waals surface area contributed by atoms with Gasteiger partial charge >= 0.3 is 0 Å². The SMILES string of the molecule is CCN(CC)CCCNC(=O)c1ccc(O)cc1F. The van der Waals surface area contributed by atoms with Crippen LogP contribution in [0.4, 0.5) is 4.39 Å². The van der Waals surface area contributed by atoms with Crippen molar-refractivity contribution in [2.45, 2.75) is 20.3 Å². The lowest BCUT2D eigenvalue weighted by molar-refractivity contribution is 0.0948. The van der Waals surface area contributed by atoms with Crippen molar-refractivity contribution >= 4 is 5.91 Å². The van der Waals surface area contributed by atoms with E-state index in [0.717, 1.165) is 32.1 Å². The van der Waals surface area contributed by atoms with Gasteiger partial charge in [0.2, 0.25) is 0 Å². The quantitative estimate of drug-likeness (QED) is 0.744. The zero-order valence-corrected chi connectivity index (χ0v) is 11.4. The first-order chi connectivity index (χ1) is 9.08. The third kappa shape index (κ3) is 4.87. The molecule has 5 heteroatoms. The van der Waals surface area contributed by atoms with Crippen LogP contribution >= 0.6 is 0 Å². The van der Waals surface area contributed by atoms with Crippen LogP contribution in [0.3, 0.4) is 0 Å². The summed E-state index contributed by atoms with van der Waals surface area (Å²) in [7, 11) is 0. The summed E-state index contributed by atoms with van der Waals surface area (Å²) in [4.78, 5) is 14.0. The number of amides is 1. The molecule has 0 unspecified atom stereocenters. The van der Waals surface area contributed by atoms with E-state index in [4.69, 9.17) is 5.11 Å². The molecule has 106 valence electrons. The molecular weight excluding hydrogens is 247 g/mol. The Morgan fingerprint density at radius 1 is 1.37 bits per heavy atom. The lowest BCUT2D eigenvalue weighted by Gasteiger charge is -2.17. The molecule has 0 heterocycles. The van der Waals surface area contributed by atoms with Crippen molar-refractivity contribution in [2.24, 2.45) is 0 Å². The van der Waals surface area contributed by atoms with Crippen molar-refractivity contribution in [3.8, 4) is 5.75 Å². The van der Waals surface area contributed by atoms with E-state index in [2.05, 4.69) is 24.1 Å². The Morgan fingerprint density at radius 3 is 2.63 bits per heavy atom. The number of halogens is 1. The van der Waals surface area contributed by atoms with Crippen LogP contribution in [0.2, 0.25) is 0 Å². The van der Waals surface area contributed by atoms with Crippen molar-refractivity contribution in [3.05, 3.63) is 29.6 Å². The summed E-state index contributed by atoms with van der Waals surface area (Å²) in [5.74, 6) is -1.34. The number of carbonyl (C=O) groups excluding carboxylic acids is 1. The second-order valence-corrected chi connectivity index (χ2v) is 4.30. The van der Waals surface area contributed by atoms with Gasteiger partial charge in [-0.15, -0.1) is 0 Å². The lowest BCUT2D eigenvalue weighted by Crippen LogP contribution is -2.30. The highest BCUT2D eigenvalue weighted by molar-refractivity contribution is 5.94. The van der Waals surface area contributed by atoms with E-state index in [1.165, 1.54) is 12.1 Å². The van der Waals surface area contributed by atoms with Gasteiger partial charge in [0.15, 0.2) is 0 Å². The Labute approximate surface area is 113 Å². The first-order valence-corrected chi connectivity index (χ1v) is 6.57. The summed E-state index contributed by atoms with van der Waals surface area (Å²) in [5, 5.41) is 11.7. The van der Waals surface area contributed by atoms with Crippen LogP contribution in [0.1, 0.15) is 30.6 Å². The number of phenolic OH excluding ortho intramolecular Hbond substituents is 1. The first-order valence-electron chi connectivity index (χ1n) is 6.57. The summed E-state index contributed by atoms with van der Waals surface area (Å²) in [6, 6.07) is 3.52. The van der Waals surface area contributed by atoms with E-state index in [-0.39, 0.29) is 11.3 Å². The standard InChI is InChI=1S/C14H21FN2O2/c1-3-17(4-2)9-5-8-16-14(19)12-7-6-11(18)10-13(12)15/h6-7,10,18H,3-5,8-9H2,1-2H3,(H,16,19). The molecule has 1 rings (SSSR count). The third-order valence-electron chi connectivity index (χ3n) is 3.03. The average molecular weight is 268 g/mol. The van der Waals surface area contributed by atoms with Crippen LogP contribution in [-0.4, -0.2) is 42.1 Å². The number of hydrogen-bond donors (Lipinski definition) is 2. The van der Waals surface area contributed by atoms with Crippen molar-refractivity contribution in [1.29, 1.82) is 0 Å². The second kappa shape index (κ2) is 7.74. The predicted octanol–water partition coefficient (Wildman–Crippen LogP) is 1.99. The summed E-state index contributed by atoms with van der Waals surface area (Å²) < 4.78 is 13.4. The fourth-order valence-corrected chi connectivity index (χ4v) is 1.83. The fourth-order valence-electron chi connectivity index (χ4n) is 1.83. The Hall–Kier alpha value is -1.62. The van der Waals surface area contributed by atoms with Crippen LogP contribution in [0.15, 0.2) is 18.2 Å². The number of hydrogen-bond acceptors (Lipinski definition) is 3. The normalized spacial score (nSPS) is 10.7. The molecule has 0 aliphatic heterocycles. The molecule has 2 N–H and O–H groups in total. The van der Waals surface area contributed by atoms with Crippen LogP contribution < -0.4 is 5.32 Å². The van der Waals surface area contributed by atoms with Gasteiger partial charge in [0.1, 0.15) is 11.6 Å². The van der Waals surface area contributed by atoms with Gasteiger partial charge in [-0.05, 0) is 38.2 Å². The zero-order valence-electron chi connectivity index (χ0n) is 11.4. The van der Waals surface area contributed by atoms with Crippen LogP contribution in [-0.2, 0) is 0 Å². The molecule has 0 atom stereocenters. The Balaban J connectivity index is 2.39. The number of nitrogens with zero attached hydrogens (tertiary/aromatic N) is 1. The summed E-state index contributed by atoms with van der Waals surface area (Å²) in [6.45, 7) is 7.57. The van der Waals surface area contributed by atoms with Gasteiger partial charge < -0.3 is 15.3 Å². The smallest absolute Gasteiger partial charge is 0.254 e. The highest BCUT2D eigenvalue weighted by Gasteiger charge is 2.11. The monoisotopic (exact) mass is 268 g/mol. The molecule has 0 saturated heterocycles. The van der Waals surface area contributed by atoms with Crippen molar-refractivity contribution in [3.63, 3.8) is 0 Å². The van der Waals surface area contributed by atoms with Gasteiger partial charge in [0.05, 0.1) is 5.56 Å². The second-order valence-electron chi connectivity index (χ2n) is 4.30. The minimum atomic E-state index is -0.707. The number of benzene rings is 1. The predicted molar refractivity (Wildman–Crippen MR) is 72.8 cm³/mol. The molecule has 1 aromatic carbocycles. The lowest BCUT2D eigenvalue weighted by atomic mass is 10.2. The maximum absolute atomic E-state index is 13.4. The van der Waals surface area contributed by atoms with Gasteiger partial charge in [-0.1, -0.05) is 13.8 Å². The van der Waals surface area contributed by atoms with Crippen molar-refractivity contribution in [2.75, 3.05) is 26.2 Å². The highest BCUT2D eigenvalue weighted by atomic mass is 19.1. The summed E-state index contributed by atoms with van der Waals surface area (Å²) >= 11 is 0. The largest absolute Gasteiger partial charge is 0.508 e. The van der Waals surface area contributed by atoms with E-state index in [9.17, 15) is 9.18 Å². The molecule has 0 saturated carbocycles. The van der Waals surface area contributed by atoms with Gasteiger partial charge in [-0.3, -0.25) is 4.79 Å². The molecule has 19 heavy (non-hydrogen) atoms. The molecular formula is C14H21FN2O2. The number of phenols is 1. The molecule has 1 amide bonds. The van der Waals surface area contributed by atoms with Gasteiger partial charge in [-0.2, -0.15) is 0 Å². The van der Waals surface area contributed by atoms with E-state index in [0.29, 0.717) is 6.54 Å². The fraction of sp³-hybridized carbons (Fsp3) is 0.500. The molecule has 0 radical (unpaired) electrons. The minimum Gasteiger partial charge on any atom is -0.508 e. The number of nitrogens with one attached hydrogen (secondary N) is 1. The molecule has 0 aliphatic rings. The van der Waals surface area contributed by atoms with E-state index >= 15 is 0 Å². The number of carbonyl (C=O) groups is 1. The van der Waals surface area contributed by atoms with Crippen LogP contribution in [0, 0.1) is 5.82 Å². The Kier molecular flexibility index (Phi) is 6.29. The number of rotatable bonds is 7. The molecule has 0 spiro atoms. The average Bonchev–Trinajstić information content (AvgIpc) is 2.38. The highest BCUT2D eigenvalue weighted by Crippen LogP contribution is 2.14. The molecule has 0 bridgehead atoms. The maximum atomic E-state index is 13.4. The van der Waals surface area contributed by atoms with Crippen molar-refractivity contribution < 1.29 is 14.3 Å². The van der Waals surface area contributed by atoms with Crippen molar-refractivity contribution in [1.82, 2.24) is 10.2 Å². The molecule has 0 aromatic heterocycles. The van der Waals surface area contributed by atoms with Gasteiger partial charge in [0, 0.05) is 12.6 Å². The molecule has 4 nitrogen and oxygen atoms in total. The third-order valence-corrected chi connectivity index (χ3v) is 3.03. The first kappa shape index (κ1) is 15.4. The van der Waals surface area contributed by atoms with E-state index in [1.54, 1.807) is 0 Å². The Morgan fingerprint density at radius 2 is 2.05 bits per heavy atom. The van der Waals surface area contributed by atoms with Gasteiger partial charge in [0.25, 0.3) is 5.91 Å². The van der Waals surface area contributed by atoms with Crippen LogP contribution in [0.5, 0.6) is 5.75 Å².